The van der Waals surface area contributed by atoms with Crippen LogP contribution in [-0.2, 0) is 4.74 Å². The van der Waals surface area contributed by atoms with Gasteiger partial charge in [0.05, 0.1) is 5.54 Å². The van der Waals surface area contributed by atoms with Crippen molar-refractivity contribution in [2.45, 2.75) is 38.3 Å². The summed E-state index contributed by atoms with van der Waals surface area (Å²) in [6, 6.07) is 21.4. The van der Waals surface area contributed by atoms with Crippen molar-refractivity contribution in [2.75, 3.05) is 24.4 Å². The Bertz CT molecular complexity index is 1180. The van der Waals surface area contributed by atoms with E-state index in [2.05, 4.69) is 65.7 Å². The zero-order chi connectivity index (χ0) is 21.7. The lowest BCUT2D eigenvalue weighted by Gasteiger charge is -2.29. The number of rotatable bonds is 4. The molecule has 3 aromatic rings. The number of nitrogens with zero attached hydrogens (tertiary/aromatic N) is 4. The van der Waals surface area contributed by atoms with Gasteiger partial charge in [-0.05, 0) is 51.0 Å². The van der Waals surface area contributed by atoms with Crippen molar-refractivity contribution in [3.05, 3.63) is 66.4 Å². The number of hydrogen-bond acceptors (Lipinski definition) is 6. The lowest BCUT2D eigenvalue weighted by molar-refractivity contribution is 0.279. The maximum absolute atomic E-state index is 6.80. The van der Waals surface area contributed by atoms with Crippen molar-refractivity contribution in [1.29, 1.82) is 0 Å². The molecule has 0 saturated carbocycles. The van der Waals surface area contributed by atoms with Crippen LogP contribution in [0.4, 0.5) is 5.69 Å². The first kappa shape index (κ1) is 20.0. The molecule has 0 spiro atoms. The fraction of sp³-hybridized carbons (Fsp3) is 0.360. The summed E-state index contributed by atoms with van der Waals surface area (Å²) in [5.41, 5.74) is 2.63. The van der Waals surface area contributed by atoms with Crippen LogP contribution in [0.3, 0.4) is 0 Å². The monoisotopic (exact) mass is 446 g/mol. The Hall–Kier alpha value is -2.69. The number of pyridine rings is 1. The van der Waals surface area contributed by atoms with Gasteiger partial charge in [-0.1, -0.05) is 36.4 Å². The van der Waals surface area contributed by atoms with E-state index in [0.29, 0.717) is 18.5 Å². The molecule has 0 N–H and O–H groups in total. The van der Waals surface area contributed by atoms with Gasteiger partial charge in [-0.25, -0.2) is 14.6 Å². The average molecular weight is 446 g/mol. The quantitative estimate of drug-likeness (QED) is 0.504. The molecule has 0 amide bonds. The second-order valence-electron chi connectivity index (χ2n) is 9.26. The molecule has 3 aliphatic rings. The maximum Gasteiger partial charge on any atom is 0.279 e. The average Bonchev–Trinajstić information content (AvgIpc) is 3.50. The number of ether oxygens (including phenoxy) is 1. The smallest absolute Gasteiger partial charge is 0.279 e. The molecule has 7 heteroatoms. The fourth-order valence-electron chi connectivity index (χ4n) is 4.66. The molecule has 2 fully saturated rings. The van der Waals surface area contributed by atoms with E-state index in [0.717, 1.165) is 35.4 Å². The second kappa shape index (κ2) is 7.72. The summed E-state index contributed by atoms with van der Waals surface area (Å²) in [5.74, 6) is 1.44. The van der Waals surface area contributed by atoms with Crippen LogP contribution in [0.5, 0.6) is 5.75 Å². The number of fused-ring (bicyclic) bond motifs is 2. The zero-order valence-electron chi connectivity index (χ0n) is 18.4. The standard InChI is InChI=1S/C25H27N4O2P/c1-25(2)17-30-24(27-25)21-14-13-18-8-6-12-22(23(18)26-21)31-32-28-15-7-11-20(28)16-29(32)19-9-4-3-5-10-19/h3-6,8-10,12-14,20H,7,11,15-17H2,1-2H3/t20-,32?/m0/s1. The van der Waals surface area contributed by atoms with Crippen molar-refractivity contribution in [1.82, 2.24) is 9.65 Å². The van der Waals surface area contributed by atoms with Crippen LogP contribution in [0.25, 0.3) is 10.9 Å². The third-order valence-electron chi connectivity index (χ3n) is 6.26. The molecular formula is C25H27N4O2P. The molecule has 3 aliphatic heterocycles. The molecule has 0 bridgehead atoms. The summed E-state index contributed by atoms with van der Waals surface area (Å²) >= 11 is 0. The number of benzene rings is 2. The molecule has 4 heterocycles. The van der Waals surface area contributed by atoms with Crippen LogP contribution < -0.4 is 9.19 Å². The van der Waals surface area contributed by atoms with Gasteiger partial charge in [-0.2, -0.15) is 0 Å². The third-order valence-corrected chi connectivity index (χ3v) is 8.39. The topological polar surface area (TPSA) is 50.2 Å². The third kappa shape index (κ3) is 3.52. The summed E-state index contributed by atoms with van der Waals surface area (Å²) in [4.78, 5) is 9.65. The summed E-state index contributed by atoms with van der Waals surface area (Å²) in [7, 11) is -0.945. The van der Waals surface area contributed by atoms with E-state index in [4.69, 9.17) is 19.2 Å². The predicted molar refractivity (Wildman–Crippen MR) is 129 cm³/mol. The molecule has 32 heavy (non-hydrogen) atoms. The fourth-order valence-corrected chi connectivity index (χ4v) is 6.91. The Labute approximate surface area is 189 Å². The van der Waals surface area contributed by atoms with Gasteiger partial charge >= 0.3 is 0 Å². The molecule has 0 aliphatic carbocycles. The summed E-state index contributed by atoms with van der Waals surface area (Å²) in [6.07, 6.45) is 2.47. The Kier molecular flexibility index (Phi) is 4.81. The number of aliphatic imine (C=N–C) groups is 1. The van der Waals surface area contributed by atoms with Gasteiger partial charge in [0.1, 0.15) is 17.8 Å². The highest BCUT2D eigenvalue weighted by molar-refractivity contribution is 7.52. The van der Waals surface area contributed by atoms with Crippen LogP contribution in [0, 0.1) is 0 Å². The van der Waals surface area contributed by atoms with Crippen molar-refractivity contribution in [3.63, 3.8) is 0 Å². The van der Waals surface area contributed by atoms with E-state index < -0.39 is 8.45 Å². The molecule has 6 nitrogen and oxygen atoms in total. The summed E-state index contributed by atoms with van der Waals surface area (Å²) in [6.45, 7) is 6.82. The Morgan fingerprint density at radius 3 is 2.75 bits per heavy atom. The number of anilines is 1. The highest BCUT2D eigenvalue weighted by Crippen LogP contribution is 2.57. The SMILES string of the molecule is CC1(C)COC(c2ccc3cccc(OP4N(c5ccccc5)C[C@@H]5CCCN54)c3n2)=N1. The van der Waals surface area contributed by atoms with Crippen molar-refractivity contribution < 1.29 is 9.26 Å². The minimum atomic E-state index is -0.945. The van der Waals surface area contributed by atoms with Gasteiger partial charge < -0.3 is 13.9 Å². The molecule has 2 atom stereocenters. The van der Waals surface area contributed by atoms with Crippen LogP contribution in [0.15, 0.2) is 65.7 Å². The molecule has 164 valence electrons. The molecule has 1 aromatic heterocycles. The molecule has 2 aromatic carbocycles. The first-order valence-corrected chi connectivity index (χ1v) is 12.4. The minimum Gasteiger partial charge on any atom is -0.474 e. The van der Waals surface area contributed by atoms with E-state index >= 15 is 0 Å². The highest BCUT2D eigenvalue weighted by Gasteiger charge is 2.45. The first-order valence-electron chi connectivity index (χ1n) is 11.3. The van der Waals surface area contributed by atoms with Gasteiger partial charge in [0.15, 0.2) is 5.75 Å². The van der Waals surface area contributed by atoms with Gasteiger partial charge in [-0.3, -0.25) is 0 Å². The van der Waals surface area contributed by atoms with Crippen LogP contribution in [0.1, 0.15) is 32.4 Å². The van der Waals surface area contributed by atoms with E-state index in [-0.39, 0.29) is 5.54 Å². The first-order chi connectivity index (χ1) is 15.6. The highest BCUT2D eigenvalue weighted by atomic mass is 31.2. The maximum atomic E-state index is 6.80. The van der Waals surface area contributed by atoms with Crippen LogP contribution in [-0.4, -0.2) is 46.8 Å². The second-order valence-corrected chi connectivity index (χ2v) is 10.9. The summed E-state index contributed by atoms with van der Waals surface area (Å²) < 4.78 is 17.6. The zero-order valence-corrected chi connectivity index (χ0v) is 19.3. The van der Waals surface area contributed by atoms with Crippen LogP contribution >= 0.6 is 8.45 Å². The van der Waals surface area contributed by atoms with E-state index in [1.54, 1.807) is 0 Å². The number of aromatic nitrogens is 1. The molecular weight excluding hydrogens is 419 g/mol. The van der Waals surface area contributed by atoms with Crippen molar-refractivity contribution in [2.24, 2.45) is 4.99 Å². The molecule has 6 rings (SSSR count). The van der Waals surface area contributed by atoms with Gasteiger partial charge in [-0.15, -0.1) is 0 Å². The van der Waals surface area contributed by atoms with E-state index in [1.807, 2.05) is 18.2 Å². The van der Waals surface area contributed by atoms with Crippen molar-refractivity contribution in [3.8, 4) is 5.75 Å². The molecule has 1 unspecified atom stereocenters. The van der Waals surface area contributed by atoms with Crippen LogP contribution in [0.2, 0.25) is 0 Å². The predicted octanol–water partition coefficient (Wildman–Crippen LogP) is 5.38. The van der Waals surface area contributed by atoms with E-state index in [1.165, 1.54) is 18.5 Å². The largest absolute Gasteiger partial charge is 0.474 e. The Balaban J connectivity index is 1.37. The van der Waals surface area contributed by atoms with Gasteiger partial charge in [0.25, 0.3) is 8.45 Å². The normalized spacial score (nSPS) is 24.4. The lowest BCUT2D eigenvalue weighted by atomic mass is 10.1. The van der Waals surface area contributed by atoms with Crippen molar-refractivity contribution >= 4 is 30.9 Å². The Morgan fingerprint density at radius 1 is 1.06 bits per heavy atom. The van der Waals surface area contributed by atoms with Gasteiger partial charge in [0, 0.05) is 30.2 Å². The summed E-state index contributed by atoms with van der Waals surface area (Å²) in [5, 5.41) is 1.06. The van der Waals surface area contributed by atoms with Gasteiger partial charge in [0.2, 0.25) is 5.90 Å². The number of hydrogen-bond donors (Lipinski definition) is 0. The lowest BCUT2D eigenvalue weighted by Crippen LogP contribution is -2.20. The Morgan fingerprint density at radius 2 is 1.94 bits per heavy atom. The van der Waals surface area contributed by atoms with E-state index in [9.17, 15) is 0 Å². The minimum absolute atomic E-state index is 0.212. The molecule has 2 saturated heterocycles. The molecule has 0 radical (unpaired) electrons. The number of para-hydroxylation sites is 2.